The number of nitrogens with zero attached hydrogens (tertiary/aromatic N) is 2. The molecule has 7 heteroatoms. The molecule has 1 aromatic heterocycles. The van der Waals surface area contributed by atoms with Gasteiger partial charge in [0.05, 0.1) is 11.3 Å². The summed E-state index contributed by atoms with van der Waals surface area (Å²) in [4.78, 5) is 4.58. The number of hydrogen-bond donors (Lipinski definition) is 0. The van der Waals surface area contributed by atoms with Crippen LogP contribution in [-0.2, 0) is 12.7 Å². The van der Waals surface area contributed by atoms with E-state index in [1.54, 1.807) is 12.1 Å². The topological polar surface area (TPSA) is 17.8 Å². The first-order chi connectivity index (χ1) is 15.8. The Balaban J connectivity index is 1.88. The van der Waals surface area contributed by atoms with Gasteiger partial charge in [0.25, 0.3) is 0 Å². The Kier molecular flexibility index (Phi) is 9.07. The van der Waals surface area contributed by atoms with Crippen LogP contribution in [0.25, 0.3) is 0 Å². The quantitative estimate of drug-likeness (QED) is 0.210. The third kappa shape index (κ3) is 6.89. The van der Waals surface area contributed by atoms with E-state index in [9.17, 15) is 13.2 Å². The fraction of sp³-hybridized carbons (Fsp3) is 0.423. The minimum Gasteiger partial charge on any atom is -0.341 e. The summed E-state index contributed by atoms with van der Waals surface area (Å²) in [6.45, 7) is 5.05. The fourth-order valence-electron chi connectivity index (χ4n) is 4.10. The molecule has 0 bridgehead atoms. The predicted octanol–water partition coefficient (Wildman–Crippen LogP) is 7.34. The molecule has 0 saturated heterocycles. The summed E-state index contributed by atoms with van der Waals surface area (Å²) in [7, 11) is 1.93. The molecule has 0 spiro atoms. The van der Waals surface area contributed by atoms with Crippen LogP contribution < -0.4 is 5.72 Å². The molecule has 3 aromatic rings. The molecule has 33 heavy (non-hydrogen) atoms. The van der Waals surface area contributed by atoms with Crippen LogP contribution in [0.4, 0.5) is 13.2 Å². The van der Waals surface area contributed by atoms with E-state index in [1.165, 1.54) is 37.8 Å². The van der Waals surface area contributed by atoms with Gasteiger partial charge in [-0.2, -0.15) is 13.2 Å². The molecule has 0 amide bonds. The standard InChI is InChI=1S/C26H30BClF3N2/c1-3-4-5-6-7-10-16-33-19(2)18-32-25(33)27-24(22-14-8-9-15-23(22)28)20-12-11-13-21(17-20)26(29,30)31/h8-9,11-15,17-18,24H,3-7,10,16H2,1-2H3. The van der Waals surface area contributed by atoms with Crippen molar-refractivity contribution in [2.45, 2.75) is 70.9 Å². The van der Waals surface area contributed by atoms with E-state index >= 15 is 0 Å². The molecule has 175 valence electrons. The highest BCUT2D eigenvalue weighted by Crippen LogP contribution is 2.34. The fourth-order valence-corrected chi connectivity index (χ4v) is 4.36. The van der Waals surface area contributed by atoms with E-state index in [0.717, 1.165) is 42.4 Å². The lowest BCUT2D eigenvalue weighted by atomic mass is 9.58. The number of imidazole rings is 1. The largest absolute Gasteiger partial charge is 0.416 e. The summed E-state index contributed by atoms with van der Waals surface area (Å²) in [5.41, 5.74) is 2.41. The molecule has 1 unspecified atom stereocenters. The average molecular weight is 474 g/mol. The van der Waals surface area contributed by atoms with Crippen LogP contribution in [0.2, 0.25) is 5.02 Å². The van der Waals surface area contributed by atoms with Crippen molar-refractivity contribution in [2.24, 2.45) is 0 Å². The zero-order valence-electron chi connectivity index (χ0n) is 19.2. The molecule has 1 heterocycles. The average Bonchev–Trinajstić information content (AvgIpc) is 3.13. The maximum Gasteiger partial charge on any atom is 0.416 e. The normalized spacial score (nSPS) is 12.7. The van der Waals surface area contributed by atoms with E-state index < -0.39 is 17.6 Å². The second-order valence-electron chi connectivity index (χ2n) is 8.47. The summed E-state index contributed by atoms with van der Waals surface area (Å²) >= 11 is 6.48. The van der Waals surface area contributed by atoms with E-state index in [4.69, 9.17) is 11.6 Å². The number of benzene rings is 2. The maximum absolute atomic E-state index is 13.4. The lowest BCUT2D eigenvalue weighted by molar-refractivity contribution is -0.137. The highest BCUT2D eigenvalue weighted by atomic mass is 35.5. The Morgan fingerprint density at radius 1 is 1.00 bits per heavy atom. The Labute approximate surface area is 200 Å². The Morgan fingerprint density at radius 2 is 1.73 bits per heavy atom. The first-order valence-electron chi connectivity index (χ1n) is 11.6. The summed E-state index contributed by atoms with van der Waals surface area (Å²) in [5.74, 6) is -0.453. The van der Waals surface area contributed by atoms with Crippen molar-refractivity contribution in [1.29, 1.82) is 0 Å². The van der Waals surface area contributed by atoms with Gasteiger partial charge in [0.1, 0.15) is 0 Å². The summed E-state index contributed by atoms with van der Waals surface area (Å²) in [6.07, 6.45) is 4.56. The van der Waals surface area contributed by atoms with Gasteiger partial charge in [0, 0.05) is 23.5 Å². The Bertz CT molecular complexity index is 1030. The molecule has 0 fully saturated rings. The number of halogens is 4. The molecular weight excluding hydrogens is 444 g/mol. The molecule has 3 rings (SSSR count). The lowest BCUT2D eigenvalue weighted by Crippen LogP contribution is -2.32. The van der Waals surface area contributed by atoms with Gasteiger partial charge in [-0.1, -0.05) is 87.0 Å². The molecule has 0 N–H and O–H groups in total. The summed E-state index contributed by atoms with van der Waals surface area (Å²) in [5, 5.41) is 0.516. The summed E-state index contributed by atoms with van der Waals surface area (Å²) in [6, 6.07) is 12.8. The number of alkyl halides is 3. The van der Waals surface area contributed by atoms with Gasteiger partial charge in [-0.15, -0.1) is 0 Å². The third-order valence-corrected chi connectivity index (χ3v) is 6.29. The van der Waals surface area contributed by atoms with Crippen LogP contribution >= 0.6 is 11.6 Å². The van der Waals surface area contributed by atoms with Crippen LogP contribution in [0.15, 0.2) is 54.7 Å². The van der Waals surface area contributed by atoms with Crippen LogP contribution in [0.3, 0.4) is 0 Å². The van der Waals surface area contributed by atoms with Gasteiger partial charge in [0.15, 0.2) is 0 Å². The monoisotopic (exact) mass is 473 g/mol. The molecule has 0 aliphatic carbocycles. The number of hydrogen-bond acceptors (Lipinski definition) is 1. The second kappa shape index (κ2) is 11.8. The molecule has 0 saturated carbocycles. The van der Waals surface area contributed by atoms with Crippen LogP contribution in [0.1, 0.15) is 73.7 Å². The number of rotatable bonds is 11. The molecule has 0 aliphatic heterocycles. The highest BCUT2D eigenvalue weighted by molar-refractivity contribution is 6.54. The molecule has 2 aromatic carbocycles. The Morgan fingerprint density at radius 3 is 2.45 bits per heavy atom. The van der Waals surface area contributed by atoms with Crippen LogP contribution in [-0.4, -0.2) is 16.8 Å². The zero-order valence-corrected chi connectivity index (χ0v) is 20.0. The maximum atomic E-state index is 13.4. The first-order valence-corrected chi connectivity index (χ1v) is 12.0. The van der Waals surface area contributed by atoms with Crippen molar-refractivity contribution >= 4 is 24.6 Å². The van der Waals surface area contributed by atoms with E-state index in [1.807, 2.05) is 38.6 Å². The molecular formula is C26H30BClF3N2. The van der Waals surface area contributed by atoms with Crippen LogP contribution in [0, 0.1) is 6.92 Å². The molecule has 2 nitrogen and oxygen atoms in total. The van der Waals surface area contributed by atoms with E-state index in [-0.39, 0.29) is 0 Å². The van der Waals surface area contributed by atoms with Crippen LogP contribution in [0.5, 0.6) is 0 Å². The van der Waals surface area contributed by atoms with Crippen molar-refractivity contribution < 1.29 is 13.2 Å². The van der Waals surface area contributed by atoms with Crippen molar-refractivity contribution in [1.82, 2.24) is 9.55 Å². The van der Waals surface area contributed by atoms with Gasteiger partial charge in [-0.25, -0.2) is 0 Å². The van der Waals surface area contributed by atoms with E-state index in [2.05, 4.69) is 16.5 Å². The second-order valence-corrected chi connectivity index (χ2v) is 8.87. The summed E-state index contributed by atoms with van der Waals surface area (Å²) < 4.78 is 42.4. The van der Waals surface area contributed by atoms with Crippen molar-refractivity contribution in [3.05, 3.63) is 82.1 Å². The van der Waals surface area contributed by atoms with Gasteiger partial charge in [0.2, 0.25) is 7.28 Å². The predicted molar refractivity (Wildman–Crippen MR) is 130 cm³/mol. The number of aryl methyl sites for hydroxylation is 1. The van der Waals surface area contributed by atoms with Crippen molar-refractivity contribution in [2.75, 3.05) is 0 Å². The third-order valence-electron chi connectivity index (χ3n) is 5.95. The Hall–Kier alpha value is -2.21. The van der Waals surface area contributed by atoms with Gasteiger partial charge in [-0.3, -0.25) is 4.98 Å². The molecule has 1 atom stereocenters. The molecule has 0 aliphatic rings. The van der Waals surface area contributed by atoms with E-state index in [0.29, 0.717) is 10.6 Å². The lowest BCUT2D eigenvalue weighted by Gasteiger charge is -2.21. The smallest absolute Gasteiger partial charge is 0.341 e. The molecule has 1 radical (unpaired) electrons. The number of aromatic nitrogens is 2. The SMILES string of the molecule is CCCCCCCCn1c(C)cnc1[B]C(c1cccc(C(F)(F)F)c1)c1ccccc1Cl. The van der Waals surface area contributed by atoms with Crippen molar-refractivity contribution in [3.8, 4) is 0 Å². The highest BCUT2D eigenvalue weighted by Gasteiger charge is 2.32. The van der Waals surface area contributed by atoms with Crippen molar-refractivity contribution in [3.63, 3.8) is 0 Å². The van der Waals surface area contributed by atoms with Gasteiger partial charge >= 0.3 is 6.18 Å². The minimum atomic E-state index is -4.41. The minimum absolute atomic E-state index is 0.453. The first kappa shape index (κ1) is 25.4. The van der Waals surface area contributed by atoms with Gasteiger partial charge in [-0.05, 0) is 42.4 Å². The van der Waals surface area contributed by atoms with Gasteiger partial charge < -0.3 is 4.57 Å². The number of unbranched alkanes of at least 4 members (excludes halogenated alkanes) is 5. The zero-order chi connectivity index (χ0) is 23.8.